The van der Waals surface area contributed by atoms with E-state index in [4.69, 9.17) is 9.98 Å². The van der Waals surface area contributed by atoms with Gasteiger partial charge in [-0.15, -0.1) is 0 Å². The molecule has 0 bridgehead atoms. The molecule has 2 aromatic carbocycles. The van der Waals surface area contributed by atoms with Crippen LogP contribution in [0.15, 0.2) is 46.4 Å². The van der Waals surface area contributed by atoms with Gasteiger partial charge in [0.15, 0.2) is 0 Å². The molecule has 0 aromatic heterocycles. The standard InChI is InChI=1S/C28H40N2.Ni/c1-17(2)23-13-11-14-24(18(3)4)27(23)29-21(9)22(10)30-28-25(19(5)6)15-12-16-26(28)20(7)8;/h11-20H,1-10H3;. The third kappa shape index (κ3) is 6.63. The summed E-state index contributed by atoms with van der Waals surface area (Å²) in [6, 6.07) is 13.2. The van der Waals surface area contributed by atoms with Gasteiger partial charge in [0, 0.05) is 16.5 Å². The van der Waals surface area contributed by atoms with E-state index in [2.05, 4.69) is 106 Å². The minimum Gasteiger partial charge on any atom is -0.251 e. The Morgan fingerprint density at radius 3 is 0.935 bits per heavy atom. The van der Waals surface area contributed by atoms with Crippen LogP contribution < -0.4 is 0 Å². The first-order chi connectivity index (χ1) is 14.0. The van der Waals surface area contributed by atoms with Crippen LogP contribution in [0.1, 0.15) is 115 Å². The summed E-state index contributed by atoms with van der Waals surface area (Å²) in [5, 5.41) is 0. The summed E-state index contributed by atoms with van der Waals surface area (Å²) < 4.78 is 0. The van der Waals surface area contributed by atoms with Crippen LogP contribution in [0.5, 0.6) is 0 Å². The van der Waals surface area contributed by atoms with Crippen molar-refractivity contribution in [3.05, 3.63) is 58.7 Å². The number of hydrogen-bond acceptors (Lipinski definition) is 2. The summed E-state index contributed by atoms with van der Waals surface area (Å²) in [5.74, 6) is 1.73. The number of hydrogen-bond donors (Lipinski definition) is 0. The van der Waals surface area contributed by atoms with Crippen LogP contribution in [0.25, 0.3) is 0 Å². The fraction of sp³-hybridized carbons (Fsp3) is 0.500. The van der Waals surface area contributed by atoms with E-state index in [0.29, 0.717) is 23.7 Å². The second-order valence-electron chi connectivity index (χ2n) is 9.58. The van der Waals surface area contributed by atoms with Gasteiger partial charge < -0.3 is 0 Å². The zero-order chi connectivity index (χ0) is 22.6. The maximum absolute atomic E-state index is 5.13. The SMILES string of the molecule is CC(=Nc1c(C(C)C)cccc1C(C)C)C(C)=Nc1c(C(C)C)cccc1C(C)C.[Ni]. The van der Waals surface area contributed by atoms with Gasteiger partial charge in [0.2, 0.25) is 0 Å². The molecule has 0 spiro atoms. The van der Waals surface area contributed by atoms with Crippen molar-refractivity contribution in [2.45, 2.75) is 92.9 Å². The second kappa shape index (κ2) is 11.8. The molecule has 0 aliphatic carbocycles. The minimum atomic E-state index is 0. The number of rotatable bonds is 7. The molecule has 2 nitrogen and oxygen atoms in total. The van der Waals surface area contributed by atoms with Crippen molar-refractivity contribution in [1.29, 1.82) is 0 Å². The topological polar surface area (TPSA) is 24.7 Å². The maximum Gasteiger partial charge on any atom is 0.0702 e. The smallest absolute Gasteiger partial charge is 0.0702 e. The molecule has 0 fully saturated rings. The van der Waals surface area contributed by atoms with Gasteiger partial charge in [-0.25, -0.2) is 0 Å². The van der Waals surface area contributed by atoms with Crippen molar-refractivity contribution in [1.82, 2.24) is 0 Å². The predicted molar refractivity (Wildman–Crippen MR) is 135 cm³/mol. The van der Waals surface area contributed by atoms with E-state index >= 15 is 0 Å². The number of nitrogens with zero attached hydrogens (tertiary/aromatic N) is 2. The first kappa shape index (κ1) is 27.3. The molecule has 0 unspecified atom stereocenters. The summed E-state index contributed by atoms with van der Waals surface area (Å²) in [4.78, 5) is 10.3. The summed E-state index contributed by atoms with van der Waals surface area (Å²) in [6.45, 7) is 22.1. The largest absolute Gasteiger partial charge is 0.251 e. The van der Waals surface area contributed by atoms with Crippen LogP contribution in [-0.4, -0.2) is 11.4 Å². The average Bonchev–Trinajstić information content (AvgIpc) is 2.67. The Bertz CT molecular complexity index is 804. The Labute approximate surface area is 200 Å². The zero-order valence-electron chi connectivity index (χ0n) is 21.0. The summed E-state index contributed by atoms with van der Waals surface area (Å²) in [5.41, 5.74) is 9.43. The fourth-order valence-electron chi connectivity index (χ4n) is 3.78. The molecule has 172 valence electrons. The molecule has 0 aliphatic heterocycles. The van der Waals surface area contributed by atoms with Crippen LogP contribution in [-0.2, 0) is 16.5 Å². The van der Waals surface area contributed by atoms with Crippen LogP contribution in [0, 0.1) is 0 Å². The Morgan fingerprint density at radius 2 is 0.742 bits per heavy atom. The molecule has 0 N–H and O–H groups in total. The molecule has 0 atom stereocenters. The second-order valence-corrected chi connectivity index (χ2v) is 9.58. The summed E-state index contributed by atoms with van der Waals surface area (Å²) in [7, 11) is 0. The van der Waals surface area contributed by atoms with Crippen molar-refractivity contribution in [3.63, 3.8) is 0 Å². The van der Waals surface area contributed by atoms with Gasteiger partial charge in [-0.05, 0) is 59.8 Å². The minimum absolute atomic E-state index is 0. The van der Waals surface area contributed by atoms with Gasteiger partial charge in [0.05, 0.1) is 22.8 Å². The molecule has 31 heavy (non-hydrogen) atoms. The van der Waals surface area contributed by atoms with E-state index in [9.17, 15) is 0 Å². The van der Waals surface area contributed by atoms with Crippen LogP contribution in [0.3, 0.4) is 0 Å². The Kier molecular flexibility index (Phi) is 10.4. The normalized spacial score (nSPS) is 12.8. The van der Waals surface area contributed by atoms with Crippen molar-refractivity contribution in [2.24, 2.45) is 9.98 Å². The summed E-state index contributed by atoms with van der Waals surface area (Å²) in [6.07, 6.45) is 0. The van der Waals surface area contributed by atoms with Crippen molar-refractivity contribution in [2.75, 3.05) is 0 Å². The maximum atomic E-state index is 5.13. The van der Waals surface area contributed by atoms with E-state index in [1.165, 1.54) is 22.3 Å². The van der Waals surface area contributed by atoms with E-state index in [1.807, 2.05) is 0 Å². The molecule has 0 saturated carbocycles. The van der Waals surface area contributed by atoms with Gasteiger partial charge >= 0.3 is 0 Å². The third-order valence-corrected chi connectivity index (χ3v) is 5.77. The number of aliphatic imine (C=N–C) groups is 2. The van der Waals surface area contributed by atoms with E-state index in [-0.39, 0.29) is 16.5 Å². The van der Waals surface area contributed by atoms with Crippen molar-refractivity contribution < 1.29 is 16.5 Å². The first-order valence-corrected chi connectivity index (χ1v) is 11.4. The number of para-hydroxylation sites is 2. The third-order valence-electron chi connectivity index (χ3n) is 5.77. The van der Waals surface area contributed by atoms with E-state index < -0.39 is 0 Å². The average molecular weight is 463 g/mol. The van der Waals surface area contributed by atoms with Gasteiger partial charge in [0.25, 0.3) is 0 Å². The molecule has 0 heterocycles. The van der Waals surface area contributed by atoms with Crippen LogP contribution >= 0.6 is 0 Å². The fourth-order valence-corrected chi connectivity index (χ4v) is 3.78. The molecular weight excluding hydrogens is 423 g/mol. The first-order valence-electron chi connectivity index (χ1n) is 11.4. The van der Waals surface area contributed by atoms with Crippen LogP contribution in [0.2, 0.25) is 0 Å². The quantitative estimate of drug-likeness (QED) is 0.289. The summed E-state index contributed by atoms with van der Waals surface area (Å²) >= 11 is 0. The van der Waals surface area contributed by atoms with Gasteiger partial charge in [-0.1, -0.05) is 91.8 Å². The molecule has 2 aromatic rings. The monoisotopic (exact) mass is 462 g/mol. The van der Waals surface area contributed by atoms with E-state index in [1.54, 1.807) is 0 Å². The van der Waals surface area contributed by atoms with Crippen LogP contribution in [0.4, 0.5) is 11.4 Å². The molecule has 2 rings (SSSR count). The number of benzene rings is 2. The van der Waals surface area contributed by atoms with Crippen molar-refractivity contribution in [3.8, 4) is 0 Å². The Morgan fingerprint density at radius 1 is 0.516 bits per heavy atom. The molecule has 0 amide bonds. The van der Waals surface area contributed by atoms with Gasteiger partial charge in [0.1, 0.15) is 0 Å². The zero-order valence-corrected chi connectivity index (χ0v) is 22.0. The van der Waals surface area contributed by atoms with Gasteiger partial charge in [-0.3, -0.25) is 9.98 Å². The predicted octanol–water partition coefficient (Wildman–Crippen LogP) is 9.06. The Balaban J connectivity index is 0.00000480. The van der Waals surface area contributed by atoms with Crippen molar-refractivity contribution >= 4 is 22.8 Å². The molecular formula is C28H40N2Ni. The van der Waals surface area contributed by atoms with E-state index in [0.717, 1.165) is 22.8 Å². The molecule has 3 heteroatoms. The molecule has 0 aliphatic rings. The molecule has 0 saturated heterocycles. The Hall–Kier alpha value is -1.73. The molecule has 0 radical (unpaired) electrons. The van der Waals surface area contributed by atoms with Gasteiger partial charge in [-0.2, -0.15) is 0 Å².